The summed E-state index contributed by atoms with van der Waals surface area (Å²) in [6, 6.07) is 0.166. The molecule has 0 saturated heterocycles. The van der Waals surface area contributed by atoms with Gasteiger partial charge in [0.05, 0.1) is 12.9 Å². The Morgan fingerprint density at radius 3 is 3.17 bits per heavy atom. The van der Waals surface area contributed by atoms with Gasteiger partial charge in [-0.1, -0.05) is 0 Å². The molecule has 2 N–H and O–H groups in total. The molecule has 0 radical (unpaired) electrons. The Hall–Kier alpha value is -0.540. The molecule has 0 aromatic rings. The first-order chi connectivity index (χ1) is 5.83. The second kappa shape index (κ2) is 5.17. The van der Waals surface area contributed by atoms with Crippen LogP contribution in [0.1, 0.15) is 19.8 Å². The van der Waals surface area contributed by atoms with Crippen LogP contribution in [0.2, 0.25) is 0 Å². The summed E-state index contributed by atoms with van der Waals surface area (Å²) in [5.74, 6) is 0. The first-order valence-corrected chi connectivity index (χ1v) is 4.47. The number of aliphatic hydroxyl groups is 1. The molecule has 0 aromatic carbocycles. The predicted molar refractivity (Wildman–Crippen MR) is 47.8 cm³/mol. The minimum Gasteiger partial charge on any atom is -0.497 e. The third-order valence-corrected chi connectivity index (χ3v) is 1.99. The molecule has 2 atom stereocenters. The molecular formula is C9H17NO2. The lowest BCUT2D eigenvalue weighted by atomic mass is 10.1. The van der Waals surface area contributed by atoms with Crippen molar-refractivity contribution in [2.75, 3.05) is 13.2 Å². The zero-order valence-corrected chi connectivity index (χ0v) is 7.49. The topological polar surface area (TPSA) is 41.5 Å². The monoisotopic (exact) mass is 171 g/mol. The van der Waals surface area contributed by atoms with Crippen LogP contribution in [0.25, 0.3) is 0 Å². The molecule has 70 valence electrons. The van der Waals surface area contributed by atoms with Crippen molar-refractivity contribution in [3.63, 3.8) is 0 Å². The summed E-state index contributed by atoms with van der Waals surface area (Å²) < 4.78 is 5.35. The third-order valence-electron chi connectivity index (χ3n) is 1.99. The van der Waals surface area contributed by atoms with Crippen molar-refractivity contribution in [2.45, 2.75) is 31.9 Å². The van der Waals surface area contributed by atoms with Crippen molar-refractivity contribution < 1.29 is 9.84 Å². The minimum absolute atomic E-state index is 0.166. The van der Waals surface area contributed by atoms with Crippen molar-refractivity contribution in [3.05, 3.63) is 12.3 Å². The van der Waals surface area contributed by atoms with Gasteiger partial charge < -0.3 is 15.2 Å². The highest BCUT2D eigenvalue weighted by molar-refractivity contribution is 4.83. The molecule has 0 bridgehead atoms. The Balaban J connectivity index is 2.10. The Bertz CT molecular complexity index is 147. The minimum atomic E-state index is 0.166. The van der Waals surface area contributed by atoms with Gasteiger partial charge in [0.25, 0.3) is 0 Å². The van der Waals surface area contributed by atoms with E-state index in [1.165, 1.54) is 0 Å². The Kier molecular flexibility index (Phi) is 4.11. The van der Waals surface area contributed by atoms with E-state index in [-0.39, 0.29) is 18.8 Å². The molecule has 0 aromatic heterocycles. The summed E-state index contributed by atoms with van der Waals surface area (Å²) in [5, 5.41) is 11.9. The lowest BCUT2D eigenvalue weighted by Gasteiger charge is -2.21. The van der Waals surface area contributed by atoms with E-state index in [9.17, 15) is 0 Å². The van der Waals surface area contributed by atoms with Gasteiger partial charge in [0.1, 0.15) is 6.10 Å². The molecular weight excluding hydrogens is 154 g/mol. The summed E-state index contributed by atoms with van der Waals surface area (Å²) in [4.78, 5) is 0. The van der Waals surface area contributed by atoms with Crippen molar-refractivity contribution in [3.8, 4) is 0 Å². The molecule has 0 spiro atoms. The Morgan fingerprint density at radius 2 is 2.58 bits per heavy atom. The zero-order chi connectivity index (χ0) is 8.81. The van der Waals surface area contributed by atoms with E-state index in [4.69, 9.17) is 9.84 Å². The van der Waals surface area contributed by atoms with E-state index in [1.807, 2.05) is 13.0 Å². The fourth-order valence-corrected chi connectivity index (χ4v) is 1.13. The normalized spacial score (nSPS) is 25.0. The first-order valence-electron chi connectivity index (χ1n) is 4.47. The fraction of sp³-hybridized carbons (Fsp3) is 0.778. The molecule has 0 aliphatic carbocycles. The van der Waals surface area contributed by atoms with E-state index in [0.29, 0.717) is 0 Å². The smallest absolute Gasteiger partial charge is 0.110 e. The molecule has 1 heterocycles. The molecule has 3 heteroatoms. The van der Waals surface area contributed by atoms with E-state index in [1.54, 1.807) is 6.26 Å². The van der Waals surface area contributed by atoms with Crippen molar-refractivity contribution >= 4 is 0 Å². The molecule has 1 unspecified atom stereocenters. The van der Waals surface area contributed by atoms with Crippen LogP contribution in [0, 0.1) is 0 Å². The van der Waals surface area contributed by atoms with Crippen LogP contribution in [0.4, 0.5) is 0 Å². The summed E-state index contributed by atoms with van der Waals surface area (Å²) in [6.45, 7) is 2.97. The maximum atomic E-state index is 8.75. The second-order valence-corrected chi connectivity index (χ2v) is 3.20. The average Bonchev–Trinajstić information content (AvgIpc) is 2.16. The summed E-state index contributed by atoms with van der Waals surface area (Å²) >= 11 is 0. The van der Waals surface area contributed by atoms with Crippen LogP contribution >= 0.6 is 0 Å². The quantitative estimate of drug-likeness (QED) is 0.652. The lowest BCUT2D eigenvalue weighted by Crippen LogP contribution is -2.36. The Labute approximate surface area is 73.4 Å². The standard InChI is InChI=1S/C9H17NO2/c1-8(7-11)10-6-9-4-2-3-5-12-9/h3,5,8-11H,2,4,6-7H2,1H3/t8-,9?/m1/s1. The number of hydrogen-bond donors (Lipinski definition) is 2. The molecule has 12 heavy (non-hydrogen) atoms. The molecule has 1 rings (SSSR count). The second-order valence-electron chi connectivity index (χ2n) is 3.20. The number of aliphatic hydroxyl groups excluding tert-OH is 1. The Morgan fingerprint density at radius 1 is 1.75 bits per heavy atom. The van der Waals surface area contributed by atoms with Gasteiger partial charge in [0.2, 0.25) is 0 Å². The summed E-state index contributed by atoms with van der Waals surface area (Å²) in [5.41, 5.74) is 0. The maximum Gasteiger partial charge on any atom is 0.110 e. The molecule has 1 aliphatic heterocycles. The largest absolute Gasteiger partial charge is 0.497 e. The lowest BCUT2D eigenvalue weighted by molar-refractivity contribution is 0.115. The number of nitrogens with one attached hydrogen (secondary N) is 1. The zero-order valence-electron chi connectivity index (χ0n) is 7.49. The van der Waals surface area contributed by atoms with Gasteiger partial charge in [-0.3, -0.25) is 0 Å². The highest BCUT2D eigenvalue weighted by Gasteiger charge is 2.11. The predicted octanol–water partition coefficient (Wildman–Crippen LogP) is 0.649. The van der Waals surface area contributed by atoms with Crippen LogP contribution in [-0.4, -0.2) is 30.4 Å². The highest BCUT2D eigenvalue weighted by Crippen LogP contribution is 2.08. The maximum absolute atomic E-state index is 8.75. The van der Waals surface area contributed by atoms with Crippen LogP contribution in [-0.2, 0) is 4.74 Å². The van der Waals surface area contributed by atoms with Crippen LogP contribution in [0.15, 0.2) is 12.3 Å². The van der Waals surface area contributed by atoms with Gasteiger partial charge in [-0.2, -0.15) is 0 Å². The SMILES string of the molecule is C[C@H](CO)NCC1CCC=CO1. The van der Waals surface area contributed by atoms with Crippen molar-refractivity contribution in [1.82, 2.24) is 5.32 Å². The third kappa shape index (κ3) is 3.24. The number of hydrogen-bond acceptors (Lipinski definition) is 3. The highest BCUT2D eigenvalue weighted by atomic mass is 16.5. The number of ether oxygens (including phenoxy) is 1. The number of rotatable bonds is 4. The molecule has 0 amide bonds. The number of allylic oxidation sites excluding steroid dienone is 1. The molecule has 0 fully saturated rings. The van der Waals surface area contributed by atoms with Gasteiger partial charge in [-0.05, 0) is 25.8 Å². The first kappa shape index (κ1) is 9.55. The van der Waals surface area contributed by atoms with Gasteiger partial charge in [0, 0.05) is 12.6 Å². The van der Waals surface area contributed by atoms with Gasteiger partial charge >= 0.3 is 0 Å². The summed E-state index contributed by atoms with van der Waals surface area (Å²) in [7, 11) is 0. The fourth-order valence-electron chi connectivity index (χ4n) is 1.13. The van der Waals surface area contributed by atoms with E-state index in [0.717, 1.165) is 19.4 Å². The molecule has 0 saturated carbocycles. The van der Waals surface area contributed by atoms with E-state index in [2.05, 4.69) is 5.32 Å². The van der Waals surface area contributed by atoms with Gasteiger partial charge in [-0.15, -0.1) is 0 Å². The van der Waals surface area contributed by atoms with Crippen molar-refractivity contribution in [1.29, 1.82) is 0 Å². The molecule has 3 nitrogen and oxygen atoms in total. The van der Waals surface area contributed by atoms with Crippen LogP contribution < -0.4 is 5.32 Å². The van der Waals surface area contributed by atoms with Crippen molar-refractivity contribution in [2.24, 2.45) is 0 Å². The van der Waals surface area contributed by atoms with Gasteiger partial charge in [-0.25, -0.2) is 0 Å². The summed E-state index contributed by atoms with van der Waals surface area (Å²) in [6.07, 6.45) is 6.25. The van der Waals surface area contributed by atoms with Crippen LogP contribution in [0.5, 0.6) is 0 Å². The molecule has 1 aliphatic rings. The van der Waals surface area contributed by atoms with Crippen LogP contribution in [0.3, 0.4) is 0 Å². The van der Waals surface area contributed by atoms with E-state index >= 15 is 0 Å². The van der Waals surface area contributed by atoms with Gasteiger partial charge in [0.15, 0.2) is 0 Å². The average molecular weight is 171 g/mol. The van der Waals surface area contributed by atoms with E-state index < -0.39 is 0 Å².